The number of fused-ring (bicyclic) bond motifs is 1. The molecule has 1 saturated carbocycles. The third-order valence-electron chi connectivity index (χ3n) is 4.31. The molecule has 3 heterocycles. The van der Waals surface area contributed by atoms with E-state index in [-0.39, 0.29) is 11.9 Å². The summed E-state index contributed by atoms with van der Waals surface area (Å²) < 4.78 is 2.27. The van der Waals surface area contributed by atoms with Gasteiger partial charge in [0.05, 0.1) is 11.8 Å². The first kappa shape index (κ1) is 12.6. The molecule has 1 amide bonds. The van der Waals surface area contributed by atoms with Gasteiger partial charge in [0.1, 0.15) is 11.6 Å². The Kier molecular flexibility index (Phi) is 2.98. The fourth-order valence-corrected chi connectivity index (χ4v) is 2.94. The highest BCUT2D eigenvalue weighted by atomic mass is 16.1. The van der Waals surface area contributed by atoms with Crippen LogP contribution in [0.2, 0.25) is 0 Å². The van der Waals surface area contributed by atoms with E-state index in [9.17, 15) is 4.79 Å². The number of hydrogen-bond donors (Lipinski definition) is 2. The topological polar surface area (TPSA) is 88.5 Å². The van der Waals surface area contributed by atoms with Crippen LogP contribution in [0.1, 0.15) is 53.6 Å². The highest BCUT2D eigenvalue weighted by Gasteiger charge is 2.31. The average molecular weight is 286 g/mol. The van der Waals surface area contributed by atoms with Crippen molar-refractivity contribution in [2.45, 2.75) is 50.6 Å². The molecule has 1 aliphatic carbocycles. The van der Waals surface area contributed by atoms with Crippen molar-refractivity contribution in [3.05, 3.63) is 29.6 Å². The van der Waals surface area contributed by atoms with Gasteiger partial charge in [-0.3, -0.25) is 9.89 Å². The summed E-state index contributed by atoms with van der Waals surface area (Å²) in [7, 11) is 0. The van der Waals surface area contributed by atoms with Gasteiger partial charge in [-0.1, -0.05) is 0 Å². The number of amides is 1. The Bertz CT molecular complexity index is 642. The van der Waals surface area contributed by atoms with Crippen molar-refractivity contribution in [3.8, 4) is 0 Å². The minimum atomic E-state index is -0.0613. The summed E-state index contributed by atoms with van der Waals surface area (Å²) in [5.41, 5.74) is 0.581. The molecule has 7 nitrogen and oxygen atoms in total. The Morgan fingerprint density at radius 2 is 2.19 bits per heavy atom. The van der Waals surface area contributed by atoms with Crippen LogP contribution in [0, 0.1) is 0 Å². The van der Waals surface area contributed by atoms with E-state index >= 15 is 0 Å². The molecule has 1 fully saturated rings. The summed E-state index contributed by atoms with van der Waals surface area (Å²) in [5.74, 6) is 2.76. The molecular weight excluding hydrogens is 268 g/mol. The Morgan fingerprint density at radius 1 is 1.29 bits per heavy atom. The average Bonchev–Trinajstić information content (AvgIpc) is 3.09. The van der Waals surface area contributed by atoms with Crippen molar-refractivity contribution in [1.29, 1.82) is 0 Å². The highest BCUT2D eigenvalue weighted by Crippen LogP contribution is 2.39. The van der Waals surface area contributed by atoms with Crippen molar-refractivity contribution < 1.29 is 4.79 Å². The van der Waals surface area contributed by atoms with Crippen LogP contribution in [0.25, 0.3) is 0 Å². The predicted octanol–water partition coefficient (Wildman–Crippen LogP) is 1.01. The number of H-pyrrole nitrogens is 1. The molecular formula is C14H18N6O. The zero-order chi connectivity index (χ0) is 14.2. The lowest BCUT2D eigenvalue weighted by Crippen LogP contribution is -2.35. The Morgan fingerprint density at radius 3 is 2.95 bits per heavy atom. The van der Waals surface area contributed by atoms with Crippen molar-refractivity contribution in [2.24, 2.45) is 0 Å². The number of nitrogens with zero attached hydrogens (tertiary/aromatic N) is 4. The highest BCUT2D eigenvalue weighted by molar-refractivity contribution is 5.93. The summed E-state index contributed by atoms with van der Waals surface area (Å²) in [5, 5.41) is 18.2. The van der Waals surface area contributed by atoms with E-state index in [2.05, 4.69) is 30.3 Å². The SMILES string of the molecule is O=C(NC1CCc2nnc(C3CC3)n2CC1)c1cn[nH]c1. The van der Waals surface area contributed by atoms with Crippen LogP contribution < -0.4 is 5.32 Å². The Labute approximate surface area is 122 Å². The Hall–Kier alpha value is -2.18. The summed E-state index contributed by atoms with van der Waals surface area (Å²) in [4.78, 5) is 12.1. The summed E-state index contributed by atoms with van der Waals surface area (Å²) in [6.07, 6.45) is 8.34. The second kappa shape index (κ2) is 4.98. The fraction of sp³-hybridized carbons (Fsp3) is 0.571. The molecule has 7 heteroatoms. The van der Waals surface area contributed by atoms with Crippen LogP contribution in [0.4, 0.5) is 0 Å². The van der Waals surface area contributed by atoms with E-state index in [4.69, 9.17) is 0 Å². The molecule has 4 rings (SSSR count). The quantitative estimate of drug-likeness (QED) is 0.881. The maximum Gasteiger partial charge on any atom is 0.254 e. The normalized spacial score (nSPS) is 21.6. The molecule has 0 aromatic carbocycles. The number of aromatic amines is 1. The monoisotopic (exact) mass is 286 g/mol. The van der Waals surface area contributed by atoms with Gasteiger partial charge in [0.25, 0.3) is 5.91 Å². The van der Waals surface area contributed by atoms with Crippen molar-refractivity contribution in [1.82, 2.24) is 30.3 Å². The third kappa shape index (κ3) is 2.43. The molecule has 0 saturated heterocycles. The molecule has 1 unspecified atom stereocenters. The fourth-order valence-electron chi connectivity index (χ4n) is 2.94. The van der Waals surface area contributed by atoms with Crippen LogP contribution >= 0.6 is 0 Å². The molecule has 21 heavy (non-hydrogen) atoms. The van der Waals surface area contributed by atoms with Gasteiger partial charge < -0.3 is 9.88 Å². The van der Waals surface area contributed by atoms with E-state index in [0.717, 1.165) is 37.5 Å². The smallest absolute Gasteiger partial charge is 0.254 e. The molecule has 2 aromatic rings. The predicted molar refractivity (Wildman–Crippen MR) is 74.8 cm³/mol. The zero-order valence-corrected chi connectivity index (χ0v) is 11.7. The molecule has 0 radical (unpaired) electrons. The third-order valence-corrected chi connectivity index (χ3v) is 4.31. The van der Waals surface area contributed by atoms with Crippen LogP contribution in [-0.2, 0) is 13.0 Å². The van der Waals surface area contributed by atoms with E-state index in [1.54, 1.807) is 12.4 Å². The molecule has 2 aliphatic rings. The number of hydrogen-bond acceptors (Lipinski definition) is 4. The van der Waals surface area contributed by atoms with Crippen molar-refractivity contribution in [2.75, 3.05) is 0 Å². The lowest BCUT2D eigenvalue weighted by atomic mass is 10.1. The summed E-state index contributed by atoms with van der Waals surface area (Å²) >= 11 is 0. The standard InChI is InChI=1S/C14H18N6O/c21-14(10-7-15-16-8-10)17-11-3-4-12-18-19-13(9-1-2-9)20(12)6-5-11/h7-9,11H,1-6H2,(H,15,16)(H,17,21). The second-order valence-electron chi connectivity index (χ2n) is 5.89. The van der Waals surface area contributed by atoms with E-state index in [1.807, 2.05) is 0 Å². The van der Waals surface area contributed by atoms with Gasteiger partial charge in [0.2, 0.25) is 0 Å². The number of rotatable bonds is 3. The van der Waals surface area contributed by atoms with E-state index < -0.39 is 0 Å². The van der Waals surface area contributed by atoms with Crippen molar-refractivity contribution >= 4 is 5.91 Å². The number of carbonyl (C=O) groups is 1. The van der Waals surface area contributed by atoms with E-state index in [0.29, 0.717) is 11.5 Å². The lowest BCUT2D eigenvalue weighted by molar-refractivity contribution is 0.0933. The maximum atomic E-state index is 12.1. The van der Waals surface area contributed by atoms with Gasteiger partial charge in [-0.25, -0.2) is 0 Å². The maximum absolute atomic E-state index is 12.1. The molecule has 0 bridgehead atoms. The first-order valence-electron chi connectivity index (χ1n) is 7.53. The zero-order valence-electron chi connectivity index (χ0n) is 11.7. The van der Waals surface area contributed by atoms with Crippen LogP contribution in [0.3, 0.4) is 0 Å². The molecule has 1 atom stereocenters. The van der Waals surface area contributed by atoms with Gasteiger partial charge in [-0.2, -0.15) is 5.10 Å². The minimum Gasteiger partial charge on any atom is -0.349 e. The van der Waals surface area contributed by atoms with Crippen LogP contribution in [-0.4, -0.2) is 36.9 Å². The first-order valence-corrected chi connectivity index (χ1v) is 7.53. The van der Waals surface area contributed by atoms with Gasteiger partial charge in [-0.05, 0) is 25.7 Å². The molecule has 110 valence electrons. The van der Waals surface area contributed by atoms with Gasteiger partial charge >= 0.3 is 0 Å². The Balaban J connectivity index is 1.43. The minimum absolute atomic E-state index is 0.0613. The number of nitrogens with one attached hydrogen (secondary N) is 2. The van der Waals surface area contributed by atoms with Gasteiger partial charge in [0, 0.05) is 31.1 Å². The van der Waals surface area contributed by atoms with E-state index in [1.165, 1.54) is 12.8 Å². The lowest BCUT2D eigenvalue weighted by Gasteiger charge is -2.15. The molecule has 0 spiro atoms. The molecule has 1 aliphatic heterocycles. The summed E-state index contributed by atoms with van der Waals surface area (Å²) in [6.45, 7) is 0.893. The number of carbonyl (C=O) groups excluding carboxylic acids is 1. The number of aromatic nitrogens is 5. The van der Waals surface area contributed by atoms with Gasteiger partial charge in [-0.15, -0.1) is 10.2 Å². The molecule has 2 aromatic heterocycles. The molecule has 2 N–H and O–H groups in total. The van der Waals surface area contributed by atoms with Crippen molar-refractivity contribution in [3.63, 3.8) is 0 Å². The van der Waals surface area contributed by atoms with Crippen LogP contribution in [0.15, 0.2) is 12.4 Å². The van der Waals surface area contributed by atoms with Crippen LogP contribution in [0.5, 0.6) is 0 Å². The second-order valence-corrected chi connectivity index (χ2v) is 5.89. The number of aryl methyl sites for hydroxylation is 1. The largest absolute Gasteiger partial charge is 0.349 e. The first-order chi connectivity index (χ1) is 10.3. The van der Waals surface area contributed by atoms with Gasteiger partial charge in [0.15, 0.2) is 0 Å². The summed E-state index contributed by atoms with van der Waals surface area (Å²) in [6, 6.07) is 0.182.